The van der Waals surface area contributed by atoms with Gasteiger partial charge in [0.05, 0.1) is 16.3 Å². The number of para-hydroxylation sites is 1. The van der Waals surface area contributed by atoms with Crippen molar-refractivity contribution in [3.63, 3.8) is 0 Å². The number of ether oxygens (including phenoxy) is 1. The molecule has 3 rings (SSSR count). The lowest BCUT2D eigenvalue weighted by Gasteiger charge is -2.36. The molecule has 130 valence electrons. The second-order valence-electron chi connectivity index (χ2n) is 5.88. The highest BCUT2D eigenvalue weighted by Gasteiger charge is 2.19. The highest BCUT2D eigenvalue weighted by atomic mass is 35.5. The number of nitrogens with zero attached hydrogens (tertiary/aromatic N) is 3. The molecular weight excluding hydrogens is 341 g/mol. The number of benzene rings is 2. The van der Waals surface area contributed by atoms with Gasteiger partial charge in [0.1, 0.15) is 24.2 Å². The lowest BCUT2D eigenvalue weighted by Crippen LogP contribution is -2.47. The first kappa shape index (κ1) is 17.5. The van der Waals surface area contributed by atoms with Gasteiger partial charge in [-0.3, -0.25) is 4.90 Å². The Hall–Kier alpha value is -2.29. The van der Waals surface area contributed by atoms with Crippen LogP contribution < -0.4 is 9.64 Å². The van der Waals surface area contributed by atoms with Crippen molar-refractivity contribution in [3.05, 3.63) is 58.9 Å². The average molecular weight is 360 g/mol. The summed E-state index contributed by atoms with van der Waals surface area (Å²) in [6.07, 6.45) is 0. The average Bonchev–Trinajstić information content (AvgIpc) is 2.63. The molecule has 0 radical (unpaired) electrons. The zero-order chi connectivity index (χ0) is 17.6. The zero-order valence-corrected chi connectivity index (χ0v) is 14.5. The highest BCUT2D eigenvalue weighted by molar-refractivity contribution is 6.33. The Kier molecular flexibility index (Phi) is 5.75. The fourth-order valence-electron chi connectivity index (χ4n) is 2.92. The van der Waals surface area contributed by atoms with Crippen LogP contribution >= 0.6 is 11.6 Å². The van der Waals surface area contributed by atoms with E-state index in [4.69, 9.17) is 21.6 Å². The summed E-state index contributed by atoms with van der Waals surface area (Å²) in [4.78, 5) is 4.48. The summed E-state index contributed by atoms with van der Waals surface area (Å²) in [5.41, 5.74) is 1.43. The maximum atomic E-state index is 13.2. The number of halogens is 2. The first-order chi connectivity index (χ1) is 12.2. The third-order valence-corrected chi connectivity index (χ3v) is 4.60. The third-order valence-electron chi connectivity index (χ3n) is 4.30. The van der Waals surface area contributed by atoms with Crippen LogP contribution in [0.15, 0.2) is 42.5 Å². The first-order valence-corrected chi connectivity index (χ1v) is 8.59. The molecule has 0 aromatic heterocycles. The summed E-state index contributed by atoms with van der Waals surface area (Å²) in [5.74, 6) is 0.309. The smallest absolute Gasteiger partial charge is 0.137 e. The predicted octanol–water partition coefficient (Wildman–Crippen LogP) is 3.55. The summed E-state index contributed by atoms with van der Waals surface area (Å²) in [6.45, 7) is 4.77. The van der Waals surface area contributed by atoms with Gasteiger partial charge in [-0.2, -0.15) is 5.26 Å². The minimum Gasteiger partial charge on any atom is -0.491 e. The molecule has 0 saturated carbocycles. The van der Waals surface area contributed by atoms with E-state index in [2.05, 4.69) is 15.9 Å². The van der Waals surface area contributed by atoms with E-state index < -0.39 is 0 Å². The normalized spacial score (nSPS) is 15.0. The molecule has 0 bridgehead atoms. The Morgan fingerprint density at radius 3 is 2.60 bits per heavy atom. The highest BCUT2D eigenvalue weighted by Crippen LogP contribution is 2.27. The van der Waals surface area contributed by atoms with E-state index in [1.807, 2.05) is 18.2 Å². The van der Waals surface area contributed by atoms with Gasteiger partial charge in [0, 0.05) is 32.7 Å². The largest absolute Gasteiger partial charge is 0.491 e. The van der Waals surface area contributed by atoms with Crippen molar-refractivity contribution in [2.75, 3.05) is 44.2 Å². The molecule has 1 saturated heterocycles. The molecule has 25 heavy (non-hydrogen) atoms. The van der Waals surface area contributed by atoms with Gasteiger partial charge in [-0.1, -0.05) is 23.7 Å². The van der Waals surface area contributed by atoms with Crippen molar-refractivity contribution in [3.8, 4) is 11.8 Å². The number of piperazine rings is 1. The quantitative estimate of drug-likeness (QED) is 0.818. The number of hydrogen-bond acceptors (Lipinski definition) is 4. The van der Waals surface area contributed by atoms with Crippen LogP contribution in [0.5, 0.6) is 5.75 Å². The van der Waals surface area contributed by atoms with Crippen LogP contribution in [0.3, 0.4) is 0 Å². The molecule has 6 heteroatoms. The van der Waals surface area contributed by atoms with Gasteiger partial charge in [-0.25, -0.2) is 4.39 Å². The molecule has 2 aromatic carbocycles. The van der Waals surface area contributed by atoms with Crippen LogP contribution in [0.2, 0.25) is 5.02 Å². The van der Waals surface area contributed by atoms with Gasteiger partial charge in [0.25, 0.3) is 0 Å². The second kappa shape index (κ2) is 8.19. The summed E-state index contributed by atoms with van der Waals surface area (Å²) in [6, 6.07) is 13.9. The molecule has 0 N–H and O–H groups in total. The molecule has 4 nitrogen and oxygen atoms in total. The van der Waals surface area contributed by atoms with E-state index in [0.717, 1.165) is 38.4 Å². The van der Waals surface area contributed by atoms with E-state index >= 15 is 0 Å². The minimum absolute atomic E-state index is 0.317. The fraction of sp³-hybridized carbons (Fsp3) is 0.316. The Balaban J connectivity index is 1.47. The van der Waals surface area contributed by atoms with Gasteiger partial charge in [-0.15, -0.1) is 0 Å². The molecule has 1 heterocycles. The van der Waals surface area contributed by atoms with Crippen LogP contribution in [-0.2, 0) is 0 Å². The molecule has 1 aliphatic rings. The summed E-state index contributed by atoms with van der Waals surface area (Å²) < 4.78 is 18.9. The van der Waals surface area contributed by atoms with E-state index in [9.17, 15) is 4.39 Å². The topological polar surface area (TPSA) is 39.5 Å². The van der Waals surface area contributed by atoms with Crippen LogP contribution in [0.1, 0.15) is 5.56 Å². The van der Waals surface area contributed by atoms with Crippen molar-refractivity contribution >= 4 is 17.3 Å². The van der Waals surface area contributed by atoms with Crippen molar-refractivity contribution in [1.82, 2.24) is 4.90 Å². The van der Waals surface area contributed by atoms with Crippen LogP contribution in [0.25, 0.3) is 0 Å². The van der Waals surface area contributed by atoms with Crippen molar-refractivity contribution in [1.29, 1.82) is 5.26 Å². The van der Waals surface area contributed by atoms with E-state index in [1.54, 1.807) is 12.1 Å². The lowest BCUT2D eigenvalue weighted by molar-refractivity contribution is 0.200. The zero-order valence-electron chi connectivity index (χ0n) is 13.8. The Bertz CT molecular complexity index is 770. The molecule has 0 atom stereocenters. The summed E-state index contributed by atoms with van der Waals surface area (Å²) in [7, 11) is 0. The Morgan fingerprint density at radius 1 is 1.12 bits per heavy atom. The van der Waals surface area contributed by atoms with E-state index in [1.165, 1.54) is 12.1 Å². The lowest BCUT2D eigenvalue weighted by atomic mass is 10.2. The Morgan fingerprint density at radius 2 is 1.88 bits per heavy atom. The van der Waals surface area contributed by atoms with Gasteiger partial charge in [-0.05, 0) is 30.3 Å². The van der Waals surface area contributed by atoms with E-state index in [-0.39, 0.29) is 5.82 Å². The number of hydrogen-bond donors (Lipinski definition) is 0. The maximum absolute atomic E-state index is 13.2. The van der Waals surface area contributed by atoms with Crippen molar-refractivity contribution in [2.45, 2.75) is 0 Å². The standard InChI is InChI=1S/C19H19ClFN3O/c20-17-13-16(21)5-6-18(17)24-9-7-23(8-10-24)11-12-25-19-4-2-1-3-15(19)14-22/h1-6,13H,7-12H2. The van der Waals surface area contributed by atoms with Gasteiger partial charge >= 0.3 is 0 Å². The molecule has 0 unspecified atom stereocenters. The summed E-state index contributed by atoms with van der Waals surface area (Å²) in [5, 5.41) is 9.51. The number of nitriles is 1. The SMILES string of the molecule is N#Cc1ccccc1OCCN1CCN(c2ccc(F)cc2Cl)CC1. The molecule has 1 fully saturated rings. The van der Waals surface area contributed by atoms with Gasteiger partial charge < -0.3 is 9.64 Å². The fourth-order valence-corrected chi connectivity index (χ4v) is 3.21. The Labute approximate surface area is 152 Å². The van der Waals surface area contributed by atoms with Crippen molar-refractivity contribution in [2.24, 2.45) is 0 Å². The second-order valence-corrected chi connectivity index (χ2v) is 6.29. The van der Waals surface area contributed by atoms with Crippen LogP contribution in [-0.4, -0.2) is 44.2 Å². The molecule has 0 spiro atoms. The molecule has 1 aliphatic heterocycles. The monoisotopic (exact) mass is 359 g/mol. The maximum Gasteiger partial charge on any atom is 0.137 e. The first-order valence-electron chi connectivity index (χ1n) is 8.21. The van der Waals surface area contributed by atoms with Crippen LogP contribution in [0, 0.1) is 17.1 Å². The molecular formula is C19H19ClFN3O. The molecule has 2 aromatic rings. The van der Waals surface area contributed by atoms with Gasteiger partial charge in [0.15, 0.2) is 0 Å². The number of anilines is 1. The summed E-state index contributed by atoms with van der Waals surface area (Å²) >= 11 is 6.14. The molecule has 0 aliphatic carbocycles. The van der Waals surface area contributed by atoms with Crippen molar-refractivity contribution < 1.29 is 9.13 Å². The number of rotatable bonds is 5. The minimum atomic E-state index is -0.317. The van der Waals surface area contributed by atoms with Gasteiger partial charge in [0.2, 0.25) is 0 Å². The molecule has 0 amide bonds. The van der Waals surface area contributed by atoms with E-state index in [0.29, 0.717) is 22.9 Å². The predicted molar refractivity (Wildman–Crippen MR) is 96.7 cm³/mol. The van der Waals surface area contributed by atoms with Crippen LogP contribution in [0.4, 0.5) is 10.1 Å². The third kappa shape index (κ3) is 4.41.